The van der Waals surface area contributed by atoms with Crippen LogP contribution in [0.5, 0.6) is 0 Å². The third-order valence-corrected chi connectivity index (χ3v) is 3.77. The molecular formula is C16H23NO2. The number of ether oxygens (including phenoxy) is 1. The van der Waals surface area contributed by atoms with Crippen LogP contribution in [0, 0.1) is 5.92 Å². The maximum atomic E-state index is 12.2. The molecule has 1 aromatic rings. The molecule has 1 aliphatic rings. The lowest BCUT2D eigenvalue weighted by atomic mass is 9.95. The van der Waals surface area contributed by atoms with E-state index in [1.165, 1.54) is 12.8 Å². The Morgan fingerprint density at radius 2 is 2.00 bits per heavy atom. The number of nitrogens with one attached hydrogen (secondary N) is 1. The van der Waals surface area contributed by atoms with Crippen molar-refractivity contribution in [3.05, 3.63) is 35.9 Å². The van der Waals surface area contributed by atoms with E-state index in [0.29, 0.717) is 12.5 Å². The zero-order valence-electron chi connectivity index (χ0n) is 12.0. The van der Waals surface area contributed by atoms with E-state index in [1.807, 2.05) is 37.3 Å². The van der Waals surface area contributed by atoms with Gasteiger partial charge in [-0.15, -0.1) is 0 Å². The van der Waals surface area contributed by atoms with Gasteiger partial charge < -0.3 is 4.74 Å². The Hall–Kier alpha value is -1.35. The zero-order valence-corrected chi connectivity index (χ0v) is 12.0. The fourth-order valence-electron chi connectivity index (χ4n) is 2.44. The molecule has 3 nitrogen and oxygen atoms in total. The predicted molar refractivity (Wildman–Crippen MR) is 75.8 cm³/mol. The summed E-state index contributed by atoms with van der Waals surface area (Å²) in [5, 5.41) is 3.48. The molecule has 0 aliphatic heterocycles. The number of rotatable bonds is 6. The molecule has 2 rings (SSSR count). The SMILES string of the molecule is CCOC(=O)C(NC(C)(C)C1CC1)c1ccccc1. The quantitative estimate of drug-likeness (QED) is 0.800. The molecule has 1 aromatic carbocycles. The second-order valence-electron chi connectivity index (χ2n) is 5.74. The van der Waals surface area contributed by atoms with Crippen LogP contribution in [0.1, 0.15) is 45.2 Å². The van der Waals surface area contributed by atoms with Crippen molar-refractivity contribution in [1.29, 1.82) is 0 Å². The molecule has 0 bridgehead atoms. The van der Waals surface area contributed by atoms with Gasteiger partial charge in [0.25, 0.3) is 0 Å². The number of hydrogen-bond donors (Lipinski definition) is 1. The average molecular weight is 261 g/mol. The summed E-state index contributed by atoms with van der Waals surface area (Å²) in [7, 11) is 0. The number of benzene rings is 1. The lowest BCUT2D eigenvalue weighted by molar-refractivity contribution is -0.146. The van der Waals surface area contributed by atoms with Crippen LogP contribution in [0.15, 0.2) is 30.3 Å². The lowest BCUT2D eigenvalue weighted by Gasteiger charge is -2.31. The number of hydrogen-bond acceptors (Lipinski definition) is 3. The highest BCUT2D eigenvalue weighted by atomic mass is 16.5. The molecular weight excluding hydrogens is 238 g/mol. The highest BCUT2D eigenvalue weighted by Crippen LogP contribution is 2.40. The zero-order chi connectivity index (χ0) is 13.9. The summed E-state index contributed by atoms with van der Waals surface area (Å²) in [4.78, 5) is 12.2. The molecule has 1 saturated carbocycles. The van der Waals surface area contributed by atoms with Crippen molar-refractivity contribution in [1.82, 2.24) is 5.32 Å². The average Bonchev–Trinajstić information content (AvgIpc) is 3.22. The van der Waals surface area contributed by atoms with Gasteiger partial charge >= 0.3 is 5.97 Å². The van der Waals surface area contributed by atoms with E-state index in [0.717, 1.165) is 5.56 Å². The first-order chi connectivity index (χ1) is 9.04. The Morgan fingerprint density at radius 3 is 2.53 bits per heavy atom. The van der Waals surface area contributed by atoms with Crippen LogP contribution in [0.2, 0.25) is 0 Å². The van der Waals surface area contributed by atoms with Gasteiger partial charge in [0.15, 0.2) is 0 Å². The molecule has 0 saturated heterocycles. The van der Waals surface area contributed by atoms with Crippen LogP contribution in [0.25, 0.3) is 0 Å². The van der Waals surface area contributed by atoms with Crippen LogP contribution in [0.4, 0.5) is 0 Å². The van der Waals surface area contributed by atoms with Gasteiger partial charge in [-0.3, -0.25) is 5.32 Å². The molecule has 104 valence electrons. The van der Waals surface area contributed by atoms with Gasteiger partial charge in [-0.25, -0.2) is 4.79 Å². The van der Waals surface area contributed by atoms with Crippen molar-refractivity contribution in [2.45, 2.75) is 45.2 Å². The Morgan fingerprint density at radius 1 is 1.37 bits per heavy atom. The van der Waals surface area contributed by atoms with Crippen LogP contribution in [-0.4, -0.2) is 18.1 Å². The monoisotopic (exact) mass is 261 g/mol. The third kappa shape index (κ3) is 3.57. The highest BCUT2D eigenvalue weighted by Gasteiger charge is 2.40. The first-order valence-electron chi connectivity index (χ1n) is 7.04. The minimum atomic E-state index is -0.378. The third-order valence-electron chi connectivity index (χ3n) is 3.77. The molecule has 1 aliphatic carbocycles. The smallest absolute Gasteiger partial charge is 0.327 e. The van der Waals surface area contributed by atoms with Crippen molar-refractivity contribution in [3.63, 3.8) is 0 Å². The topological polar surface area (TPSA) is 38.3 Å². The fourth-order valence-corrected chi connectivity index (χ4v) is 2.44. The number of carbonyl (C=O) groups excluding carboxylic acids is 1. The molecule has 3 heteroatoms. The van der Waals surface area contributed by atoms with Crippen molar-refractivity contribution >= 4 is 5.97 Å². The summed E-state index contributed by atoms with van der Waals surface area (Å²) in [6.07, 6.45) is 2.48. The van der Waals surface area contributed by atoms with Crippen LogP contribution in [-0.2, 0) is 9.53 Å². The molecule has 0 spiro atoms. The van der Waals surface area contributed by atoms with E-state index in [-0.39, 0.29) is 17.6 Å². The number of esters is 1. The second-order valence-corrected chi connectivity index (χ2v) is 5.74. The first-order valence-corrected chi connectivity index (χ1v) is 7.04. The van der Waals surface area contributed by atoms with Gasteiger partial charge in [0.2, 0.25) is 0 Å². The Kier molecular flexibility index (Phi) is 4.25. The Bertz CT molecular complexity index is 424. The van der Waals surface area contributed by atoms with Crippen molar-refractivity contribution in [2.24, 2.45) is 5.92 Å². The summed E-state index contributed by atoms with van der Waals surface area (Å²) >= 11 is 0. The molecule has 0 heterocycles. The van der Waals surface area contributed by atoms with Crippen molar-refractivity contribution in [2.75, 3.05) is 6.61 Å². The lowest BCUT2D eigenvalue weighted by Crippen LogP contribution is -2.46. The molecule has 1 atom stereocenters. The molecule has 0 aromatic heterocycles. The van der Waals surface area contributed by atoms with Gasteiger partial charge in [0.05, 0.1) is 6.61 Å². The molecule has 1 unspecified atom stereocenters. The molecule has 0 radical (unpaired) electrons. The van der Waals surface area contributed by atoms with E-state index in [9.17, 15) is 4.79 Å². The first kappa shape index (κ1) is 14.1. The van der Waals surface area contributed by atoms with Gasteiger partial charge in [-0.05, 0) is 45.1 Å². The van der Waals surface area contributed by atoms with E-state index < -0.39 is 0 Å². The minimum Gasteiger partial charge on any atom is -0.465 e. The largest absolute Gasteiger partial charge is 0.465 e. The van der Waals surface area contributed by atoms with Crippen molar-refractivity contribution in [3.8, 4) is 0 Å². The van der Waals surface area contributed by atoms with Crippen LogP contribution >= 0.6 is 0 Å². The van der Waals surface area contributed by atoms with E-state index in [1.54, 1.807) is 0 Å². The summed E-state index contributed by atoms with van der Waals surface area (Å²) in [5.74, 6) is 0.468. The summed E-state index contributed by atoms with van der Waals surface area (Å²) in [6.45, 7) is 6.58. The van der Waals surface area contributed by atoms with Gasteiger partial charge in [0.1, 0.15) is 6.04 Å². The molecule has 1 N–H and O–H groups in total. The minimum absolute atomic E-state index is 0.0345. The van der Waals surface area contributed by atoms with Crippen LogP contribution < -0.4 is 5.32 Å². The van der Waals surface area contributed by atoms with E-state index in [2.05, 4.69) is 19.2 Å². The van der Waals surface area contributed by atoms with Gasteiger partial charge in [-0.2, -0.15) is 0 Å². The summed E-state index contributed by atoms with van der Waals surface area (Å²) < 4.78 is 5.20. The van der Waals surface area contributed by atoms with Crippen LogP contribution in [0.3, 0.4) is 0 Å². The fraction of sp³-hybridized carbons (Fsp3) is 0.562. The molecule has 1 fully saturated rings. The molecule has 0 amide bonds. The summed E-state index contributed by atoms with van der Waals surface area (Å²) in [5.41, 5.74) is 0.933. The van der Waals surface area contributed by atoms with E-state index in [4.69, 9.17) is 4.74 Å². The Labute approximate surface area is 115 Å². The second kappa shape index (κ2) is 5.74. The summed E-state index contributed by atoms with van der Waals surface area (Å²) in [6, 6.07) is 9.42. The maximum absolute atomic E-state index is 12.2. The normalized spacial score (nSPS) is 17.0. The Balaban J connectivity index is 2.17. The van der Waals surface area contributed by atoms with Gasteiger partial charge in [0, 0.05) is 5.54 Å². The number of carbonyl (C=O) groups is 1. The standard InChI is InChI=1S/C16H23NO2/c1-4-19-15(18)14(12-8-6-5-7-9-12)17-16(2,3)13-10-11-13/h5-9,13-14,17H,4,10-11H2,1-3H3. The van der Waals surface area contributed by atoms with Crippen molar-refractivity contribution < 1.29 is 9.53 Å². The molecule has 19 heavy (non-hydrogen) atoms. The predicted octanol–water partition coefficient (Wildman–Crippen LogP) is 3.07. The van der Waals surface area contributed by atoms with E-state index >= 15 is 0 Å². The van der Waals surface area contributed by atoms with Gasteiger partial charge in [-0.1, -0.05) is 30.3 Å². The highest BCUT2D eigenvalue weighted by molar-refractivity contribution is 5.77. The maximum Gasteiger partial charge on any atom is 0.327 e.